The van der Waals surface area contributed by atoms with Crippen LogP contribution < -0.4 is 10.6 Å². The zero-order valence-electron chi connectivity index (χ0n) is 11.7. The second-order valence-corrected chi connectivity index (χ2v) is 6.34. The average molecular weight is 280 g/mol. The van der Waals surface area contributed by atoms with Gasteiger partial charge in [-0.3, -0.25) is 4.79 Å². The van der Waals surface area contributed by atoms with Gasteiger partial charge in [0.2, 0.25) is 5.91 Å². The van der Waals surface area contributed by atoms with Gasteiger partial charge in [-0.15, -0.1) is 0 Å². The maximum atomic E-state index is 11.9. The number of hydrogen-bond acceptors (Lipinski definition) is 3. The first-order chi connectivity index (χ1) is 9.24. The zero-order valence-corrected chi connectivity index (χ0v) is 12.5. The smallest absolute Gasteiger partial charge is 0.220 e. The van der Waals surface area contributed by atoms with Crippen molar-refractivity contribution >= 4 is 17.2 Å². The number of amides is 1. The fraction of sp³-hybridized carbons (Fsp3) is 0.667. The second kappa shape index (κ2) is 7.65. The van der Waals surface area contributed by atoms with Crippen molar-refractivity contribution in [3.8, 4) is 0 Å². The number of carbonyl (C=O) groups excluding carboxylic acids is 1. The normalized spacial score (nSPS) is 21.0. The summed E-state index contributed by atoms with van der Waals surface area (Å²) in [5.41, 5.74) is 1.31. The summed E-state index contributed by atoms with van der Waals surface area (Å²) in [7, 11) is 0. The molecule has 4 heteroatoms. The van der Waals surface area contributed by atoms with Crippen LogP contribution in [-0.2, 0) is 11.2 Å². The maximum absolute atomic E-state index is 11.9. The van der Waals surface area contributed by atoms with E-state index in [0.29, 0.717) is 12.3 Å². The van der Waals surface area contributed by atoms with Gasteiger partial charge in [0.1, 0.15) is 0 Å². The van der Waals surface area contributed by atoms with E-state index in [1.54, 1.807) is 11.3 Å². The van der Waals surface area contributed by atoms with Crippen LogP contribution in [0.4, 0.5) is 0 Å². The molecule has 2 heterocycles. The van der Waals surface area contributed by atoms with Gasteiger partial charge in [0, 0.05) is 12.5 Å². The molecule has 0 spiro atoms. The molecule has 2 atom stereocenters. The van der Waals surface area contributed by atoms with Crippen LogP contribution in [0.5, 0.6) is 0 Å². The van der Waals surface area contributed by atoms with Gasteiger partial charge in [0.05, 0.1) is 0 Å². The molecule has 1 fully saturated rings. The molecule has 2 rings (SSSR count). The Hall–Kier alpha value is -0.870. The van der Waals surface area contributed by atoms with Crippen molar-refractivity contribution in [2.45, 2.75) is 45.1 Å². The van der Waals surface area contributed by atoms with E-state index in [0.717, 1.165) is 25.9 Å². The molecule has 1 aliphatic heterocycles. The van der Waals surface area contributed by atoms with Crippen LogP contribution in [0.2, 0.25) is 0 Å². The third-order valence-electron chi connectivity index (χ3n) is 3.71. The van der Waals surface area contributed by atoms with Gasteiger partial charge >= 0.3 is 0 Å². The predicted molar refractivity (Wildman–Crippen MR) is 80.5 cm³/mol. The minimum atomic E-state index is 0.202. The Labute approximate surface area is 119 Å². The van der Waals surface area contributed by atoms with Crippen LogP contribution in [0.3, 0.4) is 0 Å². The van der Waals surface area contributed by atoms with Crippen LogP contribution in [0.15, 0.2) is 16.8 Å². The zero-order chi connectivity index (χ0) is 13.5. The first-order valence-corrected chi connectivity index (χ1v) is 8.19. The van der Waals surface area contributed by atoms with Crippen molar-refractivity contribution in [3.05, 3.63) is 22.4 Å². The van der Waals surface area contributed by atoms with Crippen molar-refractivity contribution in [2.24, 2.45) is 5.92 Å². The second-order valence-electron chi connectivity index (χ2n) is 5.56. The highest BCUT2D eigenvalue weighted by Gasteiger charge is 2.15. The van der Waals surface area contributed by atoms with Crippen molar-refractivity contribution in [1.29, 1.82) is 0 Å². The fourth-order valence-corrected chi connectivity index (χ4v) is 3.35. The van der Waals surface area contributed by atoms with E-state index in [4.69, 9.17) is 0 Å². The average Bonchev–Trinajstić information content (AvgIpc) is 2.90. The lowest BCUT2D eigenvalue weighted by Gasteiger charge is -2.22. The fourth-order valence-electron chi connectivity index (χ4n) is 2.67. The van der Waals surface area contributed by atoms with Gasteiger partial charge in [-0.2, -0.15) is 11.3 Å². The van der Waals surface area contributed by atoms with E-state index >= 15 is 0 Å². The maximum Gasteiger partial charge on any atom is 0.220 e. The van der Waals surface area contributed by atoms with Crippen molar-refractivity contribution < 1.29 is 4.79 Å². The number of thiophene rings is 1. The molecule has 19 heavy (non-hydrogen) atoms. The Morgan fingerprint density at radius 2 is 2.53 bits per heavy atom. The molecule has 1 saturated heterocycles. The number of nitrogens with one attached hydrogen (secondary N) is 2. The molecule has 0 radical (unpaired) electrons. The van der Waals surface area contributed by atoms with Gasteiger partial charge in [-0.05, 0) is 74.0 Å². The Balaban J connectivity index is 1.63. The van der Waals surface area contributed by atoms with Crippen LogP contribution in [0.1, 0.15) is 38.2 Å². The van der Waals surface area contributed by atoms with Gasteiger partial charge in [-0.25, -0.2) is 0 Å². The van der Waals surface area contributed by atoms with E-state index in [2.05, 4.69) is 34.4 Å². The van der Waals surface area contributed by atoms with Crippen LogP contribution in [0, 0.1) is 5.92 Å². The number of piperidine rings is 1. The molecule has 0 aromatic carbocycles. The summed E-state index contributed by atoms with van der Waals surface area (Å²) < 4.78 is 0. The molecule has 0 saturated carbocycles. The topological polar surface area (TPSA) is 41.1 Å². The Morgan fingerprint density at radius 3 is 3.21 bits per heavy atom. The summed E-state index contributed by atoms with van der Waals surface area (Å²) in [6, 6.07) is 2.35. The number of rotatable bonds is 6. The van der Waals surface area contributed by atoms with Gasteiger partial charge in [0.15, 0.2) is 0 Å². The summed E-state index contributed by atoms with van der Waals surface area (Å²) >= 11 is 1.71. The largest absolute Gasteiger partial charge is 0.353 e. The number of hydrogen-bond donors (Lipinski definition) is 2. The Morgan fingerprint density at radius 1 is 1.63 bits per heavy atom. The van der Waals surface area contributed by atoms with Gasteiger partial charge in [0.25, 0.3) is 0 Å². The third-order valence-corrected chi connectivity index (χ3v) is 4.44. The third kappa shape index (κ3) is 5.33. The quantitative estimate of drug-likeness (QED) is 0.841. The molecule has 106 valence electrons. The molecular formula is C15H24N2OS. The summed E-state index contributed by atoms with van der Waals surface area (Å²) in [5, 5.41) is 10.7. The van der Waals surface area contributed by atoms with Crippen molar-refractivity contribution in [2.75, 3.05) is 13.1 Å². The minimum Gasteiger partial charge on any atom is -0.353 e. The van der Waals surface area contributed by atoms with Crippen molar-refractivity contribution in [1.82, 2.24) is 10.6 Å². The summed E-state index contributed by atoms with van der Waals surface area (Å²) in [6.07, 6.45) is 5.14. The first-order valence-electron chi connectivity index (χ1n) is 7.25. The summed E-state index contributed by atoms with van der Waals surface area (Å²) in [6.45, 7) is 4.30. The lowest BCUT2D eigenvalue weighted by atomic mass is 9.94. The monoisotopic (exact) mass is 280 g/mol. The van der Waals surface area contributed by atoms with Gasteiger partial charge in [-0.1, -0.05) is 0 Å². The van der Waals surface area contributed by atoms with Gasteiger partial charge < -0.3 is 10.6 Å². The van der Waals surface area contributed by atoms with Crippen molar-refractivity contribution in [3.63, 3.8) is 0 Å². The lowest BCUT2D eigenvalue weighted by molar-refractivity contribution is -0.122. The minimum absolute atomic E-state index is 0.202. The standard InChI is InChI=1S/C15H24N2OS/c1-12(9-14-6-8-19-11-14)17-15(18)5-4-13-3-2-7-16-10-13/h6,8,11-13,16H,2-5,7,9-10H2,1H3,(H,17,18). The Kier molecular flexibility index (Phi) is 5.86. The Bertz CT molecular complexity index is 372. The lowest BCUT2D eigenvalue weighted by Crippen LogP contribution is -2.35. The van der Waals surface area contributed by atoms with E-state index < -0.39 is 0 Å². The SMILES string of the molecule is CC(Cc1ccsc1)NC(=O)CCC1CCCNC1. The molecular weight excluding hydrogens is 256 g/mol. The highest BCUT2D eigenvalue weighted by molar-refractivity contribution is 7.07. The van der Waals surface area contributed by atoms with E-state index in [1.807, 2.05) is 0 Å². The number of carbonyl (C=O) groups is 1. The molecule has 1 aromatic rings. The van der Waals surface area contributed by atoms with E-state index in [9.17, 15) is 4.79 Å². The van der Waals surface area contributed by atoms with Crippen LogP contribution in [0.25, 0.3) is 0 Å². The highest BCUT2D eigenvalue weighted by atomic mass is 32.1. The van der Waals surface area contributed by atoms with Crippen LogP contribution >= 0.6 is 11.3 Å². The molecule has 1 aromatic heterocycles. The van der Waals surface area contributed by atoms with Crippen LogP contribution in [-0.4, -0.2) is 25.0 Å². The molecule has 0 bridgehead atoms. The summed E-state index contributed by atoms with van der Waals surface area (Å²) in [5.74, 6) is 0.889. The van der Waals surface area contributed by atoms with E-state index in [-0.39, 0.29) is 11.9 Å². The highest BCUT2D eigenvalue weighted by Crippen LogP contribution is 2.16. The first kappa shape index (κ1) is 14.5. The molecule has 2 unspecified atom stereocenters. The molecule has 3 nitrogen and oxygen atoms in total. The van der Waals surface area contributed by atoms with E-state index in [1.165, 1.54) is 18.4 Å². The molecule has 0 aliphatic carbocycles. The predicted octanol–water partition coefficient (Wildman–Crippen LogP) is 2.58. The molecule has 2 N–H and O–H groups in total. The molecule has 1 aliphatic rings. The summed E-state index contributed by atoms with van der Waals surface area (Å²) in [4.78, 5) is 11.9. The molecule has 1 amide bonds.